The number of amides is 3. The van der Waals surface area contributed by atoms with Crippen LogP contribution in [0.15, 0.2) is 24.3 Å². The second-order valence-corrected chi connectivity index (χ2v) is 6.28. The Labute approximate surface area is 139 Å². The smallest absolute Gasteiger partial charge is 0.322 e. The average molecular weight is 319 g/mol. The van der Waals surface area contributed by atoms with Gasteiger partial charge in [0.2, 0.25) is 5.91 Å². The molecule has 128 valence electrons. The van der Waals surface area contributed by atoms with Gasteiger partial charge in [-0.15, -0.1) is 0 Å². The van der Waals surface area contributed by atoms with Gasteiger partial charge in [0.15, 0.2) is 0 Å². The summed E-state index contributed by atoms with van der Waals surface area (Å²) in [5, 5.41) is 2.96. The van der Waals surface area contributed by atoms with Crippen LogP contribution in [0.2, 0.25) is 0 Å². The van der Waals surface area contributed by atoms with E-state index in [9.17, 15) is 9.59 Å². The van der Waals surface area contributed by atoms with E-state index in [4.69, 9.17) is 0 Å². The zero-order valence-corrected chi connectivity index (χ0v) is 15.1. The molecule has 1 unspecified atom stereocenters. The van der Waals surface area contributed by atoms with Crippen molar-refractivity contribution in [3.05, 3.63) is 29.8 Å². The second kappa shape index (κ2) is 8.56. The fourth-order valence-electron chi connectivity index (χ4n) is 2.30. The number of nitrogens with one attached hydrogen (secondary N) is 1. The van der Waals surface area contributed by atoms with Gasteiger partial charge in [-0.2, -0.15) is 0 Å². The Hall–Kier alpha value is -2.04. The molecule has 1 rings (SSSR count). The van der Waals surface area contributed by atoms with Crippen molar-refractivity contribution in [3.8, 4) is 0 Å². The Kier molecular flexibility index (Phi) is 7.07. The van der Waals surface area contributed by atoms with E-state index in [1.54, 1.807) is 11.9 Å². The molecule has 0 radical (unpaired) electrons. The summed E-state index contributed by atoms with van der Waals surface area (Å²) in [6.45, 7) is 11.0. The van der Waals surface area contributed by atoms with Crippen LogP contribution in [0.4, 0.5) is 10.5 Å². The Morgan fingerprint density at radius 3 is 2.39 bits per heavy atom. The molecule has 0 aromatic heterocycles. The fraction of sp³-hybridized carbons (Fsp3) is 0.556. The molecule has 0 saturated heterocycles. The van der Waals surface area contributed by atoms with Gasteiger partial charge in [0.1, 0.15) is 0 Å². The zero-order valence-electron chi connectivity index (χ0n) is 15.1. The third-order valence-corrected chi connectivity index (χ3v) is 4.19. The Morgan fingerprint density at radius 2 is 1.87 bits per heavy atom. The predicted molar refractivity (Wildman–Crippen MR) is 94.3 cm³/mol. The van der Waals surface area contributed by atoms with Crippen LogP contribution in [0.3, 0.4) is 0 Å². The molecule has 0 bridgehead atoms. The third kappa shape index (κ3) is 5.58. The van der Waals surface area contributed by atoms with Gasteiger partial charge >= 0.3 is 6.03 Å². The zero-order chi connectivity index (χ0) is 17.6. The number of hydrogen-bond acceptors (Lipinski definition) is 2. The number of nitrogens with zero attached hydrogens (tertiary/aromatic N) is 2. The average Bonchev–Trinajstić information content (AvgIpc) is 2.47. The Balaban J connectivity index is 2.80. The summed E-state index contributed by atoms with van der Waals surface area (Å²) in [6.07, 6.45) is 0. The summed E-state index contributed by atoms with van der Waals surface area (Å²) in [7, 11) is 1.76. The van der Waals surface area contributed by atoms with Crippen LogP contribution in [-0.2, 0) is 11.3 Å². The van der Waals surface area contributed by atoms with Crippen molar-refractivity contribution < 1.29 is 9.59 Å². The minimum absolute atomic E-state index is 0.0161. The summed E-state index contributed by atoms with van der Waals surface area (Å²) in [4.78, 5) is 27.3. The first-order chi connectivity index (χ1) is 10.8. The maximum absolute atomic E-state index is 12.5. The normalized spacial score (nSPS) is 12.0. The molecule has 5 heteroatoms. The summed E-state index contributed by atoms with van der Waals surface area (Å²) in [5.74, 6) is 0.415. The van der Waals surface area contributed by atoms with Crippen molar-refractivity contribution in [2.45, 2.75) is 47.2 Å². The van der Waals surface area contributed by atoms with Crippen molar-refractivity contribution in [3.63, 3.8) is 0 Å². The van der Waals surface area contributed by atoms with Gasteiger partial charge in [-0.25, -0.2) is 4.79 Å². The minimum atomic E-state index is -0.0919. The van der Waals surface area contributed by atoms with Crippen molar-refractivity contribution in [2.24, 2.45) is 5.92 Å². The molecule has 1 aromatic rings. The summed E-state index contributed by atoms with van der Waals surface area (Å²) in [5.41, 5.74) is 1.74. The van der Waals surface area contributed by atoms with Gasteiger partial charge in [0.05, 0.1) is 0 Å². The van der Waals surface area contributed by atoms with E-state index in [1.165, 1.54) is 6.92 Å². The first-order valence-electron chi connectivity index (χ1n) is 8.14. The third-order valence-electron chi connectivity index (χ3n) is 4.19. The maximum atomic E-state index is 12.5. The standard InChI is InChI=1S/C18H29N3O2/c1-7-21(14(4)13(2)3)18(23)19-17-10-8-9-16(11-17)12-20(6)15(5)22/h8-11,13-14H,7,12H2,1-6H3,(H,19,23). The topological polar surface area (TPSA) is 52.7 Å². The fourth-order valence-corrected chi connectivity index (χ4v) is 2.30. The first kappa shape index (κ1) is 19.0. The predicted octanol–water partition coefficient (Wildman–Crippen LogP) is 3.56. The Morgan fingerprint density at radius 1 is 1.22 bits per heavy atom. The van der Waals surface area contributed by atoms with Crippen molar-refractivity contribution in [1.29, 1.82) is 0 Å². The number of rotatable bonds is 6. The molecule has 0 heterocycles. The molecule has 0 aliphatic rings. The lowest BCUT2D eigenvalue weighted by atomic mass is 10.1. The molecule has 0 spiro atoms. The highest BCUT2D eigenvalue weighted by atomic mass is 16.2. The van der Waals surface area contributed by atoms with Crippen LogP contribution in [0.5, 0.6) is 0 Å². The first-order valence-corrected chi connectivity index (χ1v) is 8.14. The molecule has 0 aliphatic heterocycles. The summed E-state index contributed by atoms with van der Waals surface area (Å²) in [6, 6.07) is 7.69. The summed E-state index contributed by atoms with van der Waals surface area (Å²) >= 11 is 0. The summed E-state index contributed by atoms with van der Waals surface area (Å²) < 4.78 is 0. The van der Waals surface area contributed by atoms with Crippen LogP contribution >= 0.6 is 0 Å². The lowest BCUT2D eigenvalue weighted by Gasteiger charge is -2.31. The van der Waals surface area contributed by atoms with E-state index in [-0.39, 0.29) is 18.0 Å². The number of urea groups is 1. The van der Waals surface area contributed by atoms with E-state index in [0.29, 0.717) is 19.0 Å². The monoisotopic (exact) mass is 319 g/mol. The van der Waals surface area contributed by atoms with Gasteiger partial charge in [-0.05, 0) is 37.5 Å². The van der Waals surface area contributed by atoms with Gasteiger partial charge in [-0.3, -0.25) is 4.79 Å². The SMILES string of the molecule is CCN(C(=O)Nc1cccc(CN(C)C(C)=O)c1)C(C)C(C)C. The molecule has 5 nitrogen and oxygen atoms in total. The molecular weight excluding hydrogens is 290 g/mol. The molecule has 0 fully saturated rings. The number of hydrogen-bond donors (Lipinski definition) is 1. The van der Waals surface area contributed by atoms with Crippen LogP contribution in [0, 0.1) is 5.92 Å². The quantitative estimate of drug-likeness (QED) is 0.871. The second-order valence-electron chi connectivity index (χ2n) is 6.28. The van der Waals surface area contributed by atoms with E-state index in [2.05, 4.69) is 26.1 Å². The van der Waals surface area contributed by atoms with Crippen molar-refractivity contribution >= 4 is 17.6 Å². The van der Waals surface area contributed by atoms with E-state index in [0.717, 1.165) is 11.3 Å². The van der Waals surface area contributed by atoms with Crippen LogP contribution in [0.25, 0.3) is 0 Å². The molecule has 0 aliphatic carbocycles. The molecule has 1 aromatic carbocycles. The largest absolute Gasteiger partial charge is 0.342 e. The molecule has 0 saturated carbocycles. The maximum Gasteiger partial charge on any atom is 0.322 e. The number of carbonyl (C=O) groups is 2. The number of anilines is 1. The van der Waals surface area contributed by atoms with Crippen LogP contribution < -0.4 is 5.32 Å². The van der Waals surface area contributed by atoms with Gasteiger partial charge in [-0.1, -0.05) is 26.0 Å². The van der Waals surface area contributed by atoms with E-state index in [1.807, 2.05) is 36.1 Å². The van der Waals surface area contributed by atoms with Gasteiger partial charge < -0.3 is 15.1 Å². The lowest BCUT2D eigenvalue weighted by molar-refractivity contribution is -0.128. The molecule has 1 N–H and O–H groups in total. The Bertz CT molecular complexity index is 543. The van der Waals surface area contributed by atoms with Crippen LogP contribution in [-0.4, -0.2) is 41.4 Å². The molecule has 1 atom stereocenters. The van der Waals surface area contributed by atoms with Crippen LogP contribution in [0.1, 0.15) is 40.2 Å². The molecular formula is C18H29N3O2. The van der Waals surface area contributed by atoms with E-state index < -0.39 is 0 Å². The van der Waals surface area contributed by atoms with Gasteiger partial charge in [0, 0.05) is 38.8 Å². The highest BCUT2D eigenvalue weighted by molar-refractivity contribution is 5.89. The van der Waals surface area contributed by atoms with Gasteiger partial charge in [0.25, 0.3) is 0 Å². The number of carbonyl (C=O) groups excluding carboxylic acids is 2. The van der Waals surface area contributed by atoms with Crippen molar-refractivity contribution in [1.82, 2.24) is 9.80 Å². The molecule has 3 amide bonds. The molecule has 23 heavy (non-hydrogen) atoms. The van der Waals surface area contributed by atoms with Crippen molar-refractivity contribution in [2.75, 3.05) is 18.9 Å². The highest BCUT2D eigenvalue weighted by Gasteiger charge is 2.21. The lowest BCUT2D eigenvalue weighted by Crippen LogP contribution is -2.43. The number of benzene rings is 1. The van der Waals surface area contributed by atoms with E-state index >= 15 is 0 Å². The highest BCUT2D eigenvalue weighted by Crippen LogP contribution is 2.16. The minimum Gasteiger partial charge on any atom is -0.342 e.